The zero-order chi connectivity index (χ0) is 15.9. The van der Waals surface area contributed by atoms with Crippen LogP contribution in [-0.2, 0) is 13.0 Å². The number of aliphatic hydroxyl groups is 1. The molecule has 0 aliphatic rings. The number of thiazole rings is 1. The third-order valence-corrected chi connectivity index (χ3v) is 4.44. The lowest BCUT2D eigenvalue weighted by Gasteiger charge is -2.13. The standard InChI is InChI=1S/C15H18ClN3O2S/c1-2-14-19-10(9-22-14)7-17-15(21)18-8-13(20)11-5-3-4-6-12(11)16/h3-6,9,13,20H,2,7-8H2,1H3,(H2,17,18,21). The number of amides is 2. The number of aliphatic hydroxyl groups excluding tert-OH is 1. The van der Waals surface area contributed by atoms with Crippen molar-refractivity contribution in [1.29, 1.82) is 0 Å². The fourth-order valence-electron chi connectivity index (χ4n) is 1.87. The number of nitrogens with zero attached hydrogens (tertiary/aromatic N) is 1. The highest BCUT2D eigenvalue weighted by Gasteiger charge is 2.12. The summed E-state index contributed by atoms with van der Waals surface area (Å²) in [5, 5.41) is 18.8. The molecule has 1 unspecified atom stereocenters. The Hall–Kier alpha value is -1.63. The van der Waals surface area contributed by atoms with Crippen molar-refractivity contribution in [3.8, 4) is 0 Å². The molecule has 0 aliphatic heterocycles. The Morgan fingerprint density at radius 3 is 2.86 bits per heavy atom. The van der Waals surface area contributed by atoms with Gasteiger partial charge in [-0.1, -0.05) is 36.7 Å². The van der Waals surface area contributed by atoms with Crippen molar-refractivity contribution in [1.82, 2.24) is 15.6 Å². The molecule has 118 valence electrons. The van der Waals surface area contributed by atoms with E-state index in [-0.39, 0.29) is 12.6 Å². The van der Waals surface area contributed by atoms with Gasteiger partial charge in [0.05, 0.1) is 23.4 Å². The summed E-state index contributed by atoms with van der Waals surface area (Å²) in [5.74, 6) is 0. The van der Waals surface area contributed by atoms with Crippen molar-refractivity contribution in [3.05, 3.63) is 50.9 Å². The molecule has 3 N–H and O–H groups in total. The Morgan fingerprint density at radius 1 is 1.41 bits per heavy atom. The second kappa shape index (κ2) is 8.12. The first-order chi connectivity index (χ1) is 10.6. The first kappa shape index (κ1) is 16.7. The maximum atomic E-state index is 11.7. The van der Waals surface area contributed by atoms with Crippen LogP contribution in [0.15, 0.2) is 29.6 Å². The van der Waals surface area contributed by atoms with Crippen molar-refractivity contribution in [2.75, 3.05) is 6.54 Å². The molecular formula is C15H18ClN3O2S. The monoisotopic (exact) mass is 339 g/mol. The molecule has 5 nitrogen and oxygen atoms in total. The minimum absolute atomic E-state index is 0.0901. The number of carbonyl (C=O) groups is 1. The van der Waals surface area contributed by atoms with Crippen LogP contribution in [0.3, 0.4) is 0 Å². The van der Waals surface area contributed by atoms with Gasteiger partial charge in [-0.15, -0.1) is 11.3 Å². The topological polar surface area (TPSA) is 74.2 Å². The predicted octanol–water partition coefficient (Wildman–Crippen LogP) is 2.89. The number of benzene rings is 1. The van der Waals surface area contributed by atoms with Crippen LogP contribution in [-0.4, -0.2) is 22.7 Å². The molecule has 1 atom stereocenters. The van der Waals surface area contributed by atoms with E-state index in [1.54, 1.807) is 35.6 Å². The lowest BCUT2D eigenvalue weighted by atomic mass is 10.1. The normalized spacial score (nSPS) is 12.0. The van der Waals surface area contributed by atoms with Gasteiger partial charge in [0.1, 0.15) is 0 Å². The molecule has 0 fully saturated rings. The Bertz CT molecular complexity index is 633. The molecule has 0 radical (unpaired) electrons. The third kappa shape index (κ3) is 4.69. The van der Waals surface area contributed by atoms with Crippen molar-refractivity contribution >= 4 is 29.0 Å². The Morgan fingerprint density at radius 2 is 2.18 bits per heavy atom. The molecule has 1 aromatic carbocycles. The van der Waals surface area contributed by atoms with Crippen LogP contribution in [0.5, 0.6) is 0 Å². The molecule has 7 heteroatoms. The quantitative estimate of drug-likeness (QED) is 0.757. The highest BCUT2D eigenvalue weighted by Crippen LogP contribution is 2.21. The summed E-state index contributed by atoms with van der Waals surface area (Å²) in [7, 11) is 0. The molecule has 0 saturated heterocycles. The van der Waals surface area contributed by atoms with Crippen LogP contribution in [0.2, 0.25) is 5.02 Å². The van der Waals surface area contributed by atoms with Gasteiger partial charge in [-0.05, 0) is 12.5 Å². The molecule has 22 heavy (non-hydrogen) atoms. The largest absolute Gasteiger partial charge is 0.387 e. The molecule has 0 bridgehead atoms. The van der Waals surface area contributed by atoms with E-state index in [1.807, 2.05) is 12.3 Å². The predicted molar refractivity (Wildman–Crippen MR) is 88.1 cm³/mol. The first-order valence-corrected chi connectivity index (χ1v) is 8.23. The summed E-state index contributed by atoms with van der Waals surface area (Å²) >= 11 is 7.58. The summed E-state index contributed by atoms with van der Waals surface area (Å²) in [6.07, 6.45) is 0.0476. The third-order valence-electron chi connectivity index (χ3n) is 3.05. The van der Waals surface area contributed by atoms with Gasteiger partial charge >= 0.3 is 6.03 Å². The Labute approximate surface area is 138 Å². The van der Waals surface area contributed by atoms with Crippen molar-refractivity contribution in [2.45, 2.75) is 26.0 Å². The number of halogens is 1. The minimum Gasteiger partial charge on any atom is -0.387 e. The van der Waals surface area contributed by atoms with Gasteiger partial charge < -0.3 is 15.7 Å². The van der Waals surface area contributed by atoms with Gasteiger partial charge in [0, 0.05) is 22.5 Å². The average molecular weight is 340 g/mol. The van der Waals surface area contributed by atoms with E-state index in [0.717, 1.165) is 17.1 Å². The number of carbonyl (C=O) groups excluding carboxylic acids is 1. The van der Waals surface area contributed by atoms with E-state index in [4.69, 9.17) is 11.6 Å². The van der Waals surface area contributed by atoms with Gasteiger partial charge in [-0.25, -0.2) is 9.78 Å². The van der Waals surface area contributed by atoms with Gasteiger partial charge in [0.15, 0.2) is 0 Å². The van der Waals surface area contributed by atoms with E-state index in [1.165, 1.54) is 0 Å². The minimum atomic E-state index is -0.842. The van der Waals surface area contributed by atoms with Crippen LogP contribution in [0.25, 0.3) is 0 Å². The van der Waals surface area contributed by atoms with Gasteiger partial charge in [-0.2, -0.15) is 0 Å². The zero-order valence-corrected chi connectivity index (χ0v) is 13.7. The molecule has 0 spiro atoms. The van der Waals surface area contributed by atoms with Crippen molar-refractivity contribution in [3.63, 3.8) is 0 Å². The summed E-state index contributed by atoms with van der Waals surface area (Å²) in [6.45, 7) is 2.50. The zero-order valence-electron chi connectivity index (χ0n) is 12.2. The highest BCUT2D eigenvalue weighted by molar-refractivity contribution is 7.09. The summed E-state index contributed by atoms with van der Waals surface area (Å²) in [4.78, 5) is 16.1. The van der Waals surface area contributed by atoms with Gasteiger partial charge in [-0.3, -0.25) is 0 Å². The molecular weight excluding hydrogens is 322 g/mol. The number of hydrogen-bond acceptors (Lipinski definition) is 4. The molecule has 2 aromatic rings. The van der Waals surface area contributed by atoms with Crippen molar-refractivity contribution < 1.29 is 9.90 Å². The fraction of sp³-hybridized carbons (Fsp3) is 0.333. The highest BCUT2D eigenvalue weighted by atomic mass is 35.5. The lowest BCUT2D eigenvalue weighted by Crippen LogP contribution is -2.37. The first-order valence-electron chi connectivity index (χ1n) is 6.97. The maximum Gasteiger partial charge on any atom is 0.315 e. The average Bonchev–Trinajstić information content (AvgIpc) is 2.99. The van der Waals surface area contributed by atoms with E-state index < -0.39 is 6.10 Å². The molecule has 1 heterocycles. The van der Waals surface area contributed by atoms with E-state index in [0.29, 0.717) is 17.1 Å². The summed E-state index contributed by atoms with van der Waals surface area (Å²) in [5.41, 5.74) is 1.43. The van der Waals surface area contributed by atoms with Crippen molar-refractivity contribution in [2.24, 2.45) is 0 Å². The van der Waals surface area contributed by atoms with Gasteiger partial charge in [0.2, 0.25) is 0 Å². The van der Waals surface area contributed by atoms with Crippen LogP contribution in [0.1, 0.15) is 29.3 Å². The Kier molecular flexibility index (Phi) is 6.18. The number of aromatic nitrogens is 1. The number of nitrogens with one attached hydrogen (secondary N) is 2. The summed E-state index contributed by atoms with van der Waals surface area (Å²) < 4.78 is 0. The van der Waals surface area contributed by atoms with Crippen LogP contribution in [0.4, 0.5) is 4.79 Å². The van der Waals surface area contributed by atoms with Crippen LogP contribution < -0.4 is 10.6 Å². The van der Waals surface area contributed by atoms with E-state index >= 15 is 0 Å². The van der Waals surface area contributed by atoms with Crippen LogP contribution >= 0.6 is 22.9 Å². The summed E-state index contributed by atoms with van der Waals surface area (Å²) in [6, 6.07) is 6.66. The fourth-order valence-corrected chi connectivity index (χ4v) is 2.88. The number of rotatable bonds is 6. The molecule has 2 amide bonds. The molecule has 2 rings (SSSR count). The van der Waals surface area contributed by atoms with Crippen LogP contribution in [0, 0.1) is 0 Å². The molecule has 0 aliphatic carbocycles. The number of hydrogen-bond donors (Lipinski definition) is 3. The second-order valence-corrected chi connectivity index (χ2v) is 6.04. The lowest BCUT2D eigenvalue weighted by molar-refractivity contribution is 0.173. The smallest absolute Gasteiger partial charge is 0.315 e. The van der Waals surface area contributed by atoms with E-state index in [2.05, 4.69) is 15.6 Å². The SMILES string of the molecule is CCc1nc(CNC(=O)NCC(O)c2ccccc2Cl)cs1. The molecule has 1 aromatic heterocycles. The Balaban J connectivity index is 1.76. The number of aryl methyl sites for hydroxylation is 1. The maximum absolute atomic E-state index is 11.7. The second-order valence-electron chi connectivity index (χ2n) is 4.69. The number of urea groups is 1. The van der Waals surface area contributed by atoms with Gasteiger partial charge in [0.25, 0.3) is 0 Å². The molecule has 0 saturated carbocycles. The van der Waals surface area contributed by atoms with E-state index in [9.17, 15) is 9.90 Å².